The summed E-state index contributed by atoms with van der Waals surface area (Å²) < 4.78 is 80.6. The number of nitrogens with one attached hydrogen (secondary N) is 1. The van der Waals surface area contributed by atoms with E-state index in [0.29, 0.717) is 45.0 Å². The predicted molar refractivity (Wildman–Crippen MR) is 186 cm³/mol. The van der Waals surface area contributed by atoms with Gasteiger partial charge in [-0.25, -0.2) is 31.3 Å². The van der Waals surface area contributed by atoms with E-state index >= 15 is 0 Å². The van der Waals surface area contributed by atoms with Gasteiger partial charge in [-0.15, -0.1) is 10.2 Å². The van der Waals surface area contributed by atoms with Gasteiger partial charge < -0.3 is 24.4 Å². The molecule has 0 saturated carbocycles. The van der Waals surface area contributed by atoms with Crippen molar-refractivity contribution in [1.82, 2.24) is 34.7 Å². The first-order valence-corrected chi connectivity index (χ1v) is 18.5. The molecule has 1 spiro atoms. The van der Waals surface area contributed by atoms with E-state index < -0.39 is 52.6 Å². The van der Waals surface area contributed by atoms with E-state index in [2.05, 4.69) is 36.6 Å². The number of nitrogens with zero attached hydrogens (tertiary/aromatic N) is 8. The number of likely N-dealkylation sites (tertiary alicyclic amines) is 1. The number of carbonyl (C=O) groups excluding carboxylic acids is 1. The number of halogens is 3. The maximum absolute atomic E-state index is 14.3. The number of benzene rings is 1. The van der Waals surface area contributed by atoms with Crippen LogP contribution < -0.4 is 14.4 Å². The van der Waals surface area contributed by atoms with Gasteiger partial charge in [-0.05, 0) is 71.3 Å². The molecular formula is C33H46F3N9O6S. The Morgan fingerprint density at radius 2 is 1.98 bits per heavy atom. The molecule has 3 saturated heterocycles. The Balaban J connectivity index is 1.15. The van der Waals surface area contributed by atoms with Crippen LogP contribution in [0.25, 0.3) is 0 Å². The van der Waals surface area contributed by atoms with Crippen LogP contribution in [0.15, 0.2) is 40.7 Å². The second kappa shape index (κ2) is 16.0. The normalized spacial score (nSPS) is 22.4. The van der Waals surface area contributed by atoms with Crippen molar-refractivity contribution >= 4 is 28.5 Å². The largest absolute Gasteiger partial charge is 0.434 e. The first-order valence-electron chi connectivity index (χ1n) is 17.0. The second-order valence-electron chi connectivity index (χ2n) is 14.0. The summed E-state index contributed by atoms with van der Waals surface area (Å²) in [5, 5.41) is 24.1. The summed E-state index contributed by atoms with van der Waals surface area (Å²) in [4.78, 5) is 22.8. The number of hydrogen-bond acceptors (Lipinski definition) is 13. The van der Waals surface area contributed by atoms with Crippen molar-refractivity contribution in [2.24, 2.45) is 10.5 Å². The smallest absolute Gasteiger partial charge is 0.282 e. The molecule has 0 bridgehead atoms. The molecule has 3 aliphatic heterocycles. The molecule has 4 heterocycles. The number of carbonyl (C=O) groups is 1. The molecule has 3 fully saturated rings. The van der Waals surface area contributed by atoms with E-state index in [-0.39, 0.29) is 40.5 Å². The number of hydrogen-bond donors (Lipinski definition) is 2. The molecule has 3 aliphatic rings. The highest BCUT2D eigenvalue weighted by Crippen LogP contribution is 2.45. The Labute approximate surface area is 301 Å². The van der Waals surface area contributed by atoms with E-state index in [1.54, 1.807) is 20.9 Å². The topological polar surface area (TPSA) is 166 Å². The maximum atomic E-state index is 14.3. The van der Waals surface area contributed by atoms with Crippen molar-refractivity contribution in [2.45, 2.75) is 70.8 Å². The van der Waals surface area contributed by atoms with Gasteiger partial charge in [-0.1, -0.05) is 0 Å². The third-order valence-corrected chi connectivity index (χ3v) is 11.3. The van der Waals surface area contributed by atoms with Gasteiger partial charge in [0, 0.05) is 57.0 Å². The van der Waals surface area contributed by atoms with E-state index in [1.807, 2.05) is 4.90 Å². The summed E-state index contributed by atoms with van der Waals surface area (Å²) in [6.45, 7) is 10.2. The van der Waals surface area contributed by atoms with Crippen LogP contribution in [0.5, 0.6) is 11.6 Å². The molecule has 0 unspecified atom stereocenters. The van der Waals surface area contributed by atoms with Crippen LogP contribution in [0.3, 0.4) is 0 Å². The van der Waals surface area contributed by atoms with Crippen LogP contribution in [0.4, 0.5) is 19.0 Å². The number of β-amino-alcohol motifs (C(OH)–C–C–N with tert-alkyl or cyclic N) is 1. The number of rotatable bonds is 14. The Bertz CT molecular complexity index is 1730. The third-order valence-electron chi connectivity index (χ3n) is 9.68. The SMILES string of the molecule is C=NN(C)/C=C(\C)S(=O)(=O)N[C@@H]1CC[C@](O)(CN2CCC3(CC2)CN(c2ncnnc2Oc2ccc(F)cc2C(=O)N(CC(F)F)C(C)C)C3)OC1. The van der Waals surface area contributed by atoms with Gasteiger partial charge in [0.2, 0.25) is 10.0 Å². The number of aliphatic hydroxyl groups is 1. The molecule has 19 heteroatoms. The van der Waals surface area contributed by atoms with Crippen molar-refractivity contribution < 1.29 is 41.0 Å². The van der Waals surface area contributed by atoms with E-state index in [1.165, 1.54) is 30.5 Å². The maximum Gasteiger partial charge on any atom is 0.282 e. The quantitative estimate of drug-likeness (QED) is 0.214. The highest BCUT2D eigenvalue weighted by Gasteiger charge is 2.48. The van der Waals surface area contributed by atoms with Gasteiger partial charge in [0.1, 0.15) is 17.9 Å². The Kier molecular flexibility index (Phi) is 12.1. The molecule has 1 amide bonds. The standard InChI is InChI=1S/C33H46F3N9O6S/c1-22(2)45(16-28(35)36)31(46)26-14-24(34)6-7-27(26)51-30-29(38-21-39-40-30)44-18-32(19-44)10-12-43(13-11-32)20-33(47)9-8-25(17-50-33)41-52(48,49)23(3)15-42(5)37-4/h6-7,14-15,21-22,25,28,41,47H,4,8-13,16-20H2,1-3,5H3/b23-15+/t25-,33-/m1/s1. The lowest BCUT2D eigenvalue weighted by molar-refractivity contribution is -0.239. The second-order valence-corrected chi connectivity index (χ2v) is 15.9. The zero-order valence-electron chi connectivity index (χ0n) is 29.7. The molecular weight excluding hydrogens is 707 g/mol. The summed E-state index contributed by atoms with van der Waals surface area (Å²) in [5.74, 6) is -2.63. The number of allylic oxidation sites excluding steroid dienone is 1. The Morgan fingerprint density at radius 1 is 1.27 bits per heavy atom. The Morgan fingerprint density at radius 3 is 2.60 bits per heavy atom. The third kappa shape index (κ3) is 9.35. The van der Waals surface area contributed by atoms with Gasteiger partial charge in [0.25, 0.3) is 18.2 Å². The Hall–Kier alpha value is -3.91. The fourth-order valence-electron chi connectivity index (χ4n) is 6.71. The lowest BCUT2D eigenvalue weighted by Crippen LogP contribution is -2.62. The number of hydrazone groups is 1. The van der Waals surface area contributed by atoms with Crippen LogP contribution in [-0.2, 0) is 14.8 Å². The molecule has 2 N–H and O–H groups in total. The molecule has 5 rings (SSSR count). The first-order chi connectivity index (χ1) is 24.5. The molecule has 52 heavy (non-hydrogen) atoms. The molecule has 286 valence electrons. The summed E-state index contributed by atoms with van der Waals surface area (Å²) in [6, 6.07) is 2.24. The molecule has 1 aromatic heterocycles. The van der Waals surface area contributed by atoms with Crippen LogP contribution in [0.2, 0.25) is 0 Å². The van der Waals surface area contributed by atoms with Crippen LogP contribution in [0, 0.1) is 11.2 Å². The first kappa shape index (κ1) is 39.3. The highest BCUT2D eigenvalue weighted by molar-refractivity contribution is 7.93. The fourth-order valence-corrected chi connectivity index (χ4v) is 7.82. The summed E-state index contributed by atoms with van der Waals surface area (Å²) in [5.41, 5.74) is -0.251. The lowest BCUT2D eigenvalue weighted by atomic mass is 9.72. The monoisotopic (exact) mass is 753 g/mol. The van der Waals surface area contributed by atoms with Crippen LogP contribution >= 0.6 is 0 Å². The van der Waals surface area contributed by atoms with E-state index in [9.17, 15) is 31.5 Å². The fraction of sp³-hybridized carbons (Fsp3) is 0.606. The summed E-state index contributed by atoms with van der Waals surface area (Å²) in [6.07, 6.45) is 2.19. The van der Waals surface area contributed by atoms with Gasteiger partial charge >= 0.3 is 0 Å². The number of aromatic nitrogens is 3. The van der Waals surface area contributed by atoms with Gasteiger partial charge in [0.05, 0.1) is 30.2 Å². The number of ether oxygens (including phenoxy) is 2. The molecule has 2 aromatic rings. The number of sulfonamides is 1. The van der Waals surface area contributed by atoms with Gasteiger partial charge in [0.15, 0.2) is 11.6 Å². The van der Waals surface area contributed by atoms with Gasteiger partial charge in [-0.3, -0.25) is 14.7 Å². The number of piperidine rings is 1. The van der Waals surface area contributed by atoms with Crippen LogP contribution in [0.1, 0.15) is 56.8 Å². The van der Waals surface area contributed by atoms with Crippen molar-refractivity contribution in [3.63, 3.8) is 0 Å². The highest BCUT2D eigenvalue weighted by atomic mass is 32.2. The molecule has 15 nitrogen and oxygen atoms in total. The minimum Gasteiger partial charge on any atom is -0.434 e. The predicted octanol–water partition coefficient (Wildman–Crippen LogP) is 3.02. The lowest BCUT2D eigenvalue weighted by Gasteiger charge is -2.55. The summed E-state index contributed by atoms with van der Waals surface area (Å²) in [7, 11) is -2.19. The molecule has 1 aromatic carbocycles. The number of amides is 1. The van der Waals surface area contributed by atoms with Crippen molar-refractivity contribution in [3.05, 3.63) is 47.0 Å². The summed E-state index contributed by atoms with van der Waals surface area (Å²) >= 11 is 0. The minimum absolute atomic E-state index is 0.00930. The average molecular weight is 754 g/mol. The number of alkyl halides is 2. The number of anilines is 1. The van der Waals surface area contributed by atoms with Crippen molar-refractivity contribution in [2.75, 3.05) is 57.8 Å². The molecule has 2 atom stereocenters. The molecule has 0 radical (unpaired) electrons. The molecule has 0 aliphatic carbocycles. The van der Waals surface area contributed by atoms with Crippen molar-refractivity contribution in [1.29, 1.82) is 0 Å². The van der Waals surface area contributed by atoms with Crippen LogP contribution in [-0.4, -0.2) is 133 Å². The zero-order valence-corrected chi connectivity index (χ0v) is 30.5. The minimum atomic E-state index is -3.77. The zero-order chi connectivity index (χ0) is 37.8. The van der Waals surface area contributed by atoms with Crippen molar-refractivity contribution in [3.8, 4) is 11.6 Å². The van der Waals surface area contributed by atoms with E-state index in [4.69, 9.17) is 9.47 Å². The van der Waals surface area contributed by atoms with E-state index in [0.717, 1.165) is 29.9 Å². The van der Waals surface area contributed by atoms with Gasteiger partial charge in [-0.2, -0.15) is 5.10 Å². The average Bonchev–Trinajstić information content (AvgIpc) is 3.08.